The quantitative estimate of drug-likeness (QED) is 0.777. The summed E-state index contributed by atoms with van der Waals surface area (Å²) in [4.78, 5) is 27.9. The summed E-state index contributed by atoms with van der Waals surface area (Å²) >= 11 is 0. The summed E-state index contributed by atoms with van der Waals surface area (Å²) in [5.41, 5.74) is 1.05. The Balaban J connectivity index is 2.04. The Morgan fingerprint density at radius 1 is 1.50 bits per heavy atom. The van der Waals surface area contributed by atoms with Gasteiger partial charge in [-0.05, 0) is 18.6 Å². The minimum Gasteiger partial charge on any atom is -0.408 e. The maximum Gasteiger partial charge on any atom is 0.415 e. The third-order valence-corrected chi connectivity index (χ3v) is 2.78. The molecule has 96 valence electrons. The summed E-state index contributed by atoms with van der Waals surface area (Å²) in [6.45, 7) is 4.59. The van der Waals surface area contributed by atoms with Gasteiger partial charge in [0.2, 0.25) is 0 Å². The zero-order valence-electron chi connectivity index (χ0n) is 10.2. The fraction of sp³-hybridized carbons (Fsp3) is 0.417. The maximum absolute atomic E-state index is 11.9. The highest BCUT2D eigenvalue weighted by Gasteiger charge is 2.18. The first kappa shape index (κ1) is 12.5. The van der Waals surface area contributed by atoms with Gasteiger partial charge in [-0.3, -0.25) is 4.79 Å². The molecule has 1 amide bonds. The molecule has 1 saturated heterocycles. The van der Waals surface area contributed by atoms with E-state index in [0.717, 1.165) is 18.7 Å². The van der Waals surface area contributed by atoms with Crippen molar-refractivity contribution in [3.8, 4) is 5.75 Å². The molecule has 6 nitrogen and oxygen atoms in total. The number of aldehydes is 1. The van der Waals surface area contributed by atoms with Crippen molar-refractivity contribution in [3.05, 3.63) is 23.5 Å². The van der Waals surface area contributed by atoms with Crippen molar-refractivity contribution in [1.29, 1.82) is 0 Å². The minimum atomic E-state index is -0.375. The third kappa shape index (κ3) is 2.84. The zero-order valence-corrected chi connectivity index (χ0v) is 10.2. The Morgan fingerprint density at radius 2 is 2.22 bits per heavy atom. The molecule has 1 N–H and O–H groups in total. The fourth-order valence-electron chi connectivity index (χ4n) is 1.74. The fourth-order valence-corrected chi connectivity index (χ4v) is 1.74. The normalized spacial score (nSPS) is 15.3. The molecule has 0 bridgehead atoms. The predicted molar refractivity (Wildman–Crippen MR) is 64.8 cm³/mol. The first-order chi connectivity index (χ1) is 8.70. The lowest BCUT2D eigenvalue weighted by Gasteiger charge is -2.26. The number of nitrogens with one attached hydrogen (secondary N) is 1. The van der Waals surface area contributed by atoms with Crippen LogP contribution in [0.1, 0.15) is 16.1 Å². The molecule has 1 aliphatic heterocycles. The summed E-state index contributed by atoms with van der Waals surface area (Å²) in [7, 11) is 0. The average Bonchev–Trinajstić information content (AvgIpc) is 2.42. The first-order valence-corrected chi connectivity index (χ1v) is 5.80. The first-order valence-electron chi connectivity index (χ1n) is 5.80. The Morgan fingerprint density at radius 3 is 2.83 bits per heavy atom. The van der Waals surface area contributed by atoms with Crippen LogP contribution < -0.4 is 10.1 Å². The van der Waals surface area contributed by atoms with E-state index in [2.05, 4.69) is 10.3 Å². The van der Waals surface area contributed by atoms with Crippen molar-refractivity contribution in [3.63, 3.8) is 0 Å². The summed E-state index contributed by atoms with van der Waals surface area (Å²) in [6.07, 6.45) is 1.69. The second kappa shape index (κ2) is 5.59. The van der Waals surface area contributed by atoms with Gasteiger partial charge in [-0.1, -0.05) is 0 Å². The number of aromatic nitrogens is 1. The van der Waals surface area contributed by atoms with Crippen LogP contribution in [0.15, 0.2) is 12.3 Å². The van der Waals surface area contributed by atoms with Crippen molar-refractivity contribution < 1.29 is 14.3 Å². The van der Waals surface area contributed by atoms with Crippen LogP contribution in [-0.2, 0) is 0 Å². The largest absolute Gasteiger partial charge is 0.415 e. The molecule has 6 heteroatoms. The topological polar surface area (TPSA) is 71.5 Å². The Bertz CT molecular complexity index is 456. The number of ether oxygens (including phenoxy) is 1. The molecule has 0 radical (unpaired) electrons. The SMILES string of the molecule is Cc1cc(C=O)ncc1OC(=O)N1CCNCC1. The van der Waals surface area contributed by atoms with Crippen LogP contribution in [0.3, 0.4) is 0 Å². The van der Waals surface area contributed by atoms with Gasteiger partial charge in [-0.2, -0.15) is 0 Å². The van der Waals surface area contributed by atoms with Crippen LogP contribution in [0.25, 0.3) is 0 Å². The van der Waals surface area contributed by atoms with Crippen molar-refractivity contribution in [2.24, 2.45) is 0 Å². The summed E-state index contributed by atoms with van der Waals surface area (Å²) in [5.74, 6) is 0.393. The van der Waals surface area contributed by atoms with Crippen LogP contribution in [0.4, 0.5) is 4.79 Å². The number of carbonyl (C=O) groups is 2. The lowest BCUT2D eigenvalue weighted by Crippen LogP contribution is -2.47. The van der Waals surface area contributed by atoms with E-state index in [0.29, 0.717) is 30.8 Å². The number of pyridine rings is 1. The van der Waals surface area contributed by atoms with Gasteiger partial charge in [-0.25, -0.2) is 9.78 Å². The van der Waals surface area contributed by atoms with E-state index in [9.17, 15) is 9.59 Å². The van der Waals surface area contributed by atoms with E-state index in [1.54, 1.807) is 17.9 Å². The van der Waals surface area contributed by atoms with Gasteiger partial charge in [0.25, 0.3) is 0 Å². The van der Waals surface area contributed by atoms with E-state index in [1.165, 1.54) is 6.20 Å². The van der Waals surface area contributed by atoms with Crippen molar-refractivity contribution in [1.82, 2.24) is 15.2 Å². The standard InChI is InChI=1S/C12H15N3O3/c1-9-6-10(8-16)14-7-11(9)18-12(17)15-4-2-13-3-5-15/h6-8,13H,2-5H2,1H3. The Kier molecular flexibility index (Phi) is 3.88. The molecular formula is C12H15N3O3. The zero-order chi connectivity index (χ0) is 13.0. The van der Waals surface area contributed by atoms with Gasteiger partial charge in [0.1, 0.15) is 5.69 Å². The lowest BCUT2D eigenvalue weighted by molar-refractivity contribution is 0.111. The molecule has 0 saturated carbocycles. The average molecular weight is 249 g/mol. The number of hydrogen-bond acceptors (Lipinski definition) is 5. The predicted octanol–water partition coefficient (Wildman–Crippen LogP) is 0.607. The molecule has 0 spiro atoms. The molecule has 0 unspecified atom stereocenters. The number of piperazine rings is 1. The second-order valence-corrected chi connectivity index (χ2v) is 4.10. The van der Waals surface area contributed by atoms with Gasteiger partial charge in [0.05, 0.1) is 6.20 Å². The molecule has 2 heterocycles. The second-order valence-electron chi connectivity index (χ2n) is 4.10. The van der Waals surface area contributed by atoms with E-state index < -0.39 is 0 Å². The minimum absolute atomic E-state index is 0.328. The summed E-state index contributed by atoms with van der Waals surface area (Å²) in [6, 6.07) is 1.59. The van der Waals surface area contributed by atoms with E-state index in [1.807, 2.05) is 0 Å². The summed E-state index contributed by atoms with van der Waals surface area (Å²) < 4.78 is 5.26. The lowest BCUT2D eigenvalue weighted by atomic mass is 10.2. The Labute approximate surface area is 105 Å². The van der Waals surface area contributed by atoms with Crippen molar-refractivity contribution >= 4 is 12.4 Å². The van der Waals surface area contributed by atoms with Gasteiger partial charge >= 0.3 is 6.09 Å². The van der Waals surface area contributed by atoms with Crippen LogP contribution in [0, 0.1) is 6.92 Å². The van der Waals surface area contributed by atoms with E-state index in [-0.39, 0.29) is 6.09 Å². The van der Waals surface area contributed by atoms with Gasteiger partial charge in [-0.15, -0.1) is 0 Å². The summed E-state index contributed by atoms with van der Waals surface area (Å²) in [5, 5.41) is 3.16. The van der Waals surface area contributed by atoms with Gasteiger partial charge in [0.15, 0.2) is 12.0 Å². The van der Waals surface area contributed by atoms with E-state index in [4.69, 9.17) is 4.74 Å². The van der Waals surface area contributed by atoms with Gasteiger partial charge < -0.3 is 15.0 Å². The molecule has 0 atom stereocenters. The molecule has 0 aliphatic carbocycles. The number of aryl methyl sites for hydroxylation is 1. The van der Waals surface area contributed by atoms with Crippen LogP contribution in [0.2, 0.25) is 0 Å². The monoisotopic (exact) mass is 249 g/mol. The van der Waals surface area contributed by atoms with Crippen molar-refractivity contribution in [2.75, 3.05) is 26.2 Å². The smallest absolute Gasteiger partial charge is 0.408 e. The third-order valence-electron chi connectivity index (χ3n) is 2.78. The maximum atomic E-state index is 11.9. The molecule has 1 aliphatic rings. The molecule has 1 fully saturated rings. The molecule has 18 heavy (non-hydrogen) atoms. The van der Waals surface area contributed by atoms with Gasteiger partial charge in [0, 0.05) is 26.2 Å². The Hall–Kier alpha value is -1.95. The molecule has 1 aromatic heterocycles. The number of amides is 1. The highest BCUT2D eigenvalue weighted by Crippen LogP contribution is 2.17. The van der Waals surface area contributed by atoms with Crippen LogP contribution >= 0.6 is 0 Å². The number of hydrogen-bond donors (Lipinski definition) is 1. The number of nitrogens with zero attached hydrogens (tertiary/aromatic N) is 2. The highest BCUT2D eigenvalue weighted by molar-refractivity contribution is 5.74. The molecular weight excluding hydrogens is 234 g/mol. The van der Waals surface area contributed by atoms with E-state index >= 15 is 0 Å². The molecule has 1 aromatic rings. The molecule has 2 rings (SSSR count). The molecule has 0 aromatic carbocycles. The van der Waals surface area contributed by atoms with Crippen molar-refractivity contribution in [2.45, 2.75) is 6.92 Å². The highest BCUT2D eigenvalue weighted by atomic mass is 16.6. The van der Waals surface area contributed by atoms with Crippen LogP contribution in [0.5, 0.6) is 5.75 Å². The number of carbonyl (C=O) groups excluding carboxylic acids is 2. The van der Waals surface area contributed by atoms with Crippen LogP contribution in [-0.4, -0.2) is 48.4 Å². The number of rotatable bonds is 2.